The third-order valence-electron chi connectivity index (χ3n) is 2.54. The molecule has 0 spiro atoms. The molecule has 0 aliphatic carbocycles. The zero-order valence-corrected chi connectivity index (χ0v) is 12.5. The molecule has 0 radical (unpaired) electrons. The van der Waals surface area contributed by atoms with Crippen molar-refractivity contribution in [2.45, 2.75) is 13.3 Å². The van der Waals surface area contributed by atoms with Crippen LogP contribution in [-0.4, -0.2) is 33.3 Å². The molecule has 100 valence electrons. The molecule has 1 aromatic carbocycles. The number of methoxy groups -OCH3 is 2. The molecule has 1 rings (SSSR count). The molecule has 4 nitrogen and oxygen atoms in total. The van der Waals surface area contributed by atoms with E-state index in [0.717, 1.165) is 16.6 Å². The second-order valence-corrected chi connectivity index (χ2v) is 4.75. The fourth-order valence-electron chi connectivity index (χ4n) is 1.69. The molecule has 1 aromatic rings. The molecule has 0 N–H and O–H groups in total. The van der Waals surface area contributed by atoms with E-state index in [9.17, 15) is 4.79 Å². The Morgan fingerprint density at radius 3 is 2.67 bits per heavy atom. The van der Waals surface area contributed by atoms with Crippen molar-refractivity contribution in [1.82, 2.24) is 0 Å². The van der Waals surface area contributed by atoms with E-state index in [-0.39, 0.29) is 5.91 Å². The molecule has 0 heterocycles. The van der Waals surface area contributed by atoms with Gasteiger partial charge in [0.1, 0.15) is 5.75 Å². The summed E-state index contributed by atoms with van der Waals surface area (Å²) in [6, 6.07) is 5.61. The first kappa shape index (κ1) is 15.0. The van der Waals surface area contributed by atoms with Crippen molar-refractivity contribution >= 4 is 27.5 Å². The van der Waals surface area contributed by atoms with Gasteiger partial charge >= 0.3 is 0 Å². The lowest BCUT2D eigenvalue weighted by atomic mass is 10.2. The molecule has 0 aliphatic rings. The van der Waals surface area contributed by atoms with E-state index in [2.05, 4.69) is 15.9 Å². The standard InChI is InChI=1S/C13H18BrNO3/c1-10(16)15(7-4-8-17-2)12-6-5-11(14)9-13(12)18-3/h5-6,9H,4,7-8H2,1-3H3. The summed E-state index contributed by atoms with van der Waals surface area (Å²) in [6.45, 7) is 2.79. The summed E-state index contributed by atoms with van der Waals surface area (Å²) in [5.41, 5.74) is 0.782. The molecule has 0 aliphatic heterocycles. The van der Waals surface area contributed by atoms with Crippen LogP contribution in [0.1, 0.15) is 13.3 Å². The van der Waals surface area contributed by atoms with Gasteiger partial charge in [-0.1, -0.05) is 15.9 Å². The summed E-state index contributed by atoms with van der Waals surface area (Å²) in [5.74, 6) is 0.670. The molecule has 0 saturated heterocycles. The Balaban J connectivity index is 2.94. The summed E-state index contributed by atoms with van der Waals surface area (Å²) >= 11 is 3.38. The monoisotopic (exact) mass is 315 g/mol. The van der Waals surface area contributed by atoms with Gasteiger partial charge in [-0.25, -0.2) is 0 Å². The van der Waals surface area contributed by atoms with Crippen LogP contribution in [0, 0.1) is 0 Å². The van der Waals surface area contributed by atoms with E-state index in [0.29, 0.717) is 18.9 Å². The van der Waals surface area contributed by atoms with Crippen LogP contribution in [0.3, 0.4) is 0 Å². The molecule has 1 amide bonds. The number of hydrogen-bond acceptors (Lipinski definition) is 3. The van der Waals surface area contributed by atoms with Gasteiger partial charge in [0.2, 0.25) is 5.91 Å². The van der Waals surface area contributed by atoms with Crippen LogP contribution in [0.4, 0.5) is 5.69 Å². The Morgan fingerprint density at radius 1 is 1.39 bits per heavy atom. The normalized spacial score (nSPS) is 10.2. The van der Waals surface area contributed by atoms with Crippen LogP contribution in [0.25, 0.3) is 0 Å². The summed E-state index contributed by atoms with van der Waals surface area (Å²) in [7, 11) is 3.25. The summed E-state index contributed by atoms with van der Waals surface area (Å²) in [5, 5.41) is 0. The predicted molar refractivity (Wildman–Crippen MR) is 75.2 cm³/mol. The minimum absolute atomic E-state index is 0.00766. The van der Waals surface area contributed by atoms with Crippen molar-refractivity contribution in [2.24, 2.45) is 0 Å². The lowest BCUT2D eigenvalue weighted by molar-refractivity contribution is -0.116. The Labute approximate surface area is 116 Å². The number of rotatable bonds is 6. The van der Waals surface area contributed by atoms with E-state index in [1.165, 1.54) is 0 Å². The molecular formula is C13H18BrNO3. The van der Waals surface area contributed by atoms with Crippen molar-refractivity contribution in [3.8, 4) is 5.75 Å². The number of ether oxygens (including phenoxy) is 2. The molecule has 18 heavy (non-hydrogen) atoms. The second-order valence-electron chi connectivity index (χ2n) is 3.83. The Bertz CT molecular complexity index is 409. The van der Waals surface area contributed by atoms with E-state index in [4.69, 9.17) is 9.47 Å². The maximum Gasteiger partial charge on any atom is 0.223 e. The summed E-state index contributed by atoms with van der Waals surface area (Å²) in [4.78, 5) is 13.4. The third-order valence-corrected chi connectivity index (χ3v) is 3.04. The van der Waals surface area contributed by atoms with E-state index in [1.54, 1.807) is 26.0 Å². The minimum atomic E-state index is -0.00766. The van der Waals surface area contributed by atoms with Crippen LogP contribution in [0.2, 0.25) is 0 Å². The van der Waals surface area contributed by atoms with Crippen LogP contribution < -0.4 is 9.64 Å². The van der Waals surface area contributed by atoms with Crippen LogP contribution in [-0.2, 0) is 9.53 Å². The maximum absolute atomic E-state index is 11.7. The van der Waals surface area contributed by atoms with Crippen molar-refractivity contribution < 1.29 is 14.3 Å². The van der Waals surface area contributed by atoms with E-state index in [1.807, 2.05) is 18.2 Å². The molecule has 0 fully saturated rings. The van der Waals surface area contributed by atoms with Crippen molar-refractivity contribution in [3.63, 3.8) is 0 Å². The number of benzene rings is 1. The third kappa shape index (κ3) is 3.99. The zero-order chi connectivity index (χ0) is 13.5. The summed E-state index contributed by atoms with van der Waals surface area (Å²) < 4.78 is 11.2. The van der Waals surface area contributed by atoms with Crippen molar-refractivity contribution in [3.05, 3.63) is 22.7 Å². The Morgan fingerprint density at radius 2 is 2.11 bits per heavy atom. The smallest absolute Gasteiger partial charge is 0.223 e. The molecule has 5 heteroatoms. The highest BCUT2D eigenvalue weighted by Crippen LogP contribution is 2.31. The molecule has 0 saturated carbocycles. The number of carbonyl (C=O) groups is 1. The van der Waals surface area contributed by atoms with E-state index >= 15 is 0 Å². The van der Waals surface area contributed by atoms with E-state index < -0.39 is 0 Å². The lowest BCUT2D eigenvalue weighted by Crippen LogP contribution is -2.30. The molecule has 0 aromatic heterocycles. The number of carbonyl (C=O) groups excluding carboxylic acids is 1. The maximum atomic E-state index is 11.7. The van der Waals surface area contributed by atoms with Crippen molar-refractivity contribution in [1.29, 1.82) is 0 Å². The van der Waals surface area contributed by atoms with Gasteiger partial charge in [-0.3, -0.25) is 4.79 Å². The zero-order valence-electron chi connectivity index (χ0n) is 10.9. The van der Waals surface area contributed by atoms with Gasteiger partial charge < -0.3 is 14.4 Å². The molecule has 0 unspecified atom stereocenters. The van der Waals surface area contributed by atoms with Crippen LogP contribution in [0.5, 0.6) is 5.75 Å². The quantitative estimate of drug-likeness (QED) is 0.758. The number of anilines is 1. The second kappa shape index (κ2) is 7.38. The Hall–Kier alpha value is -1.07. The Kier molecular flexibility index (Phi) is 6.15. The predicted octanol–water partition coefficient (Wildman–Crippen LogP) is 2.85. The molecule has 0 bridgehead atoms. The largest absolute Gasteiger partial charge is 0.495 e. The fraction of sp³-hybridized carbons (Fsp3) is 0.462. The fourth-order valence-corrected chi connectivity index (χ4v) is 2.03. The SMILES string of the molecule is COCCCN(C(C)=O)c1ccc(Br)cc1OC. The van der Waals surface area contributed by atoms with Crippen LogP contribution >= 0.6 is 15.9 Å². The van der Waals surface area contributed by atoms with Gasteiger partial charge in [0, 0.05) is 31.7 Å². The average molecular weight is 316 g/mol. The summed E-state index contributed by atoms with van der Waals surface area (Å²) in [6.07, 6.45) is 0.787. The number of hydrogen-bond donors (Lipinski definition) is 0. The lowest BCUT2D eigenvalue weighted by Gasteiger charge is -2.23. The first-order valence-corrected chi connectivity index (χ1v) is 6.50. The molecular weight excluding hydrogens is 298 g/mol. The number of halogens is 1. The topological polar surface area (TPSA) is 38.8 Å². The minimum Gasteiger partial charge on any atom is -0.495 e. The van der Waals surface area contributed by atoms with Gasteiger partial charge in [0.25, 0.3) is 0 Å². The highest BCUT2D eigenvalue weighted by atomic mass is 79.9. The van der Waals surface area contributed by atoms with Gasteiger partial charge in [-0.15, -0.1) is 0 Å². The van der Waals surface area contributed by atoms with Crippen molar-refractivity contribution in [2.75, 3.05) is 32.3 Å². The highest BCUT2D eigenvalue weighted by molar-refractivity contribution is 9.10. The highest BCUT2D eigenvalue weighted by Gasteiger charge is 2.15. The van der Waals surface area contributed by atoms with Crippen LogP contribution in [0.15, 0.2) is 22.7 Å². The number of nitrogens with zero attached hydrogens (tertiary/aromatic N) is 1. The van der Waals surface area contributed by atoms with Gasteiger partial charge in [-0.05, 0) is 24.6 Å². The number of amides is 1. The first-order valence-electron chi connectivity index (χ1n) is 5.70. The van der Waals surface area contributed by atoms with Gasteiger partial charge in [-0.2, -0.15) is 0 Å². The first-order chi connectivity index (χ1) is 8.60. The average Bonchev–Trinajstić information content (AvgIpc) is 2.35. The van der Waals surface area contributed by atoms with Gasteiger partial charge in [0.15, 0.2) is 0 Å². The molecule has 0 atom stereocenters. The van der Waals surface area contributed by atoms with Gasteiger partial charge in [0.05, 0.1) is 12.8 Å².